The second-order valence-corrected chi connectivity index (χ2v) is 4.58. The van der Waals surface area contributed by atoms with Crippen LogP contribution in [0.3, 0.4) is 0 Å². The summed E-state index contributed by atoms with van der Waals surface area (Å²) in [4.78, 5) is 15.6. The third-order valence-corrected chi connectivity index (χ3v) is 3.30. The second-order valence-electron chi connectivity index (χ2n) is 4.58. The maximum atomic E-state index is 14.0. The summed E-state index contributed by atoms with van der Waals surface area (Å²) in [6.07, 6.45) is 0. The van der Waals surface area contributed by atoms with Crippen LogP contribution >= 0.6 is 0 Å². The molecule has 0 spiro atoms. The predicted octanol–water partition coefficient (Wildman–Crippen LogP) is 0.719. The van der Waals surface area contributed by atoms with Crippen LogP contribution in [0.25, 0.3) is 0 Å². The first-order valence-electron chi connectivity index (χ1n) is 6.08. The molecule has 0 aromatic heterocycles. The largest absolute Gasteiger partial charge is 0.367 e. The third kappa shape index (κ3) is 2.68. The van der Waals surface area contributed by atoms with E-state index < -0.39 is 0 Å². The fraction of sp³-hybridized carbons (Fsp3) is 0.462. The average Bonchev–Trinajstić information content (AvgIpc) is 2.39. The van der Waals surface area contributed by atoms with E-state index in [1.165, 1.54) is 6.07 Å². The number of anilines is 1. The van der Waals surface area contributed by atoms with Gasteiger partial charge in [-0.1, -0.05) is 0 Å². The van der Waals surface area contributed by atoms with Gasteiger partial charge in [0.25, 0.3) is 0 Å². The number of Topliss-reactive ketones (excluding diaryl/α,β-unsaturated/α-hetero) is 1. The highest BCUT2D eigenvalue weighted by Gasteiger charge is 2.18. The van der Waals surface area contributed by atoms with Gasteiger partial charge in [0.15, 0.2) is 5.78 Å². The standard InChI is InChI=1S/C13H18FN3O/c1-16-4-6-17(7-5-16)12-3-2-10(8-11(12)14)13(18)9-15/h2-3,8H,4-7,9,15H2,1H3. The van der Waals surface area contributed by atoms with Crippen molar-refractivity contribution in [1.82, 2.24) is 4.90 Å². The lowest BCUT2D eigenvalue weighted by Crippen LogP contribution is -2.44. The highest BCUT2D eigenvalue weighted by Crippen LogP contribution is 2.21. The summed E-state index contributed by atoms with van der Waals surface area (Å²) in [7, 11) is 2.05. The molecule has 5 heteroatoms. The average molecular weight is 251 g/mol. The van der Waals surface area contributed by atoms with Crippen LogP contribution in [0.4, 0.5) is 10.1 Å². The molecule has 1 heterocycles. The minimum Gasteiger partial charge on any atom is -0.367 e. The quantitative estimate of drug-likeness (QED) is 0.804. The van der Waals surface area contributed by atoms with E-state index in [-0.39, 0.29) is 18.1 Å². The number of nitrogens with two attached hydrogens (primary N) is 1. The van der Waals surface area contributed by atoms with E-state index in [1.54, 1.807) is 12.1 Å². The first kappa shape index (κ1) is 13.0. The van der Waals surface area contributed by atoms with Crippen LogP contribution in [-0.2, 0) is 0 Å². The number of nitrogens with zero attached hydrogens (tertiary/aromatic N) is 2. The Kier molecular flexibility index (Phi) is 3.93. The molecule has 0 saturated carbocycles. The minimum absolute atomic E-state index is 0.0900. The topological polar surface area (TPSA) is 49.6 Å². The van der Waals surface area contributed by atoms with Gasteiger partial charge in [-0.05, 0) is 25.2 Å². The summed E-state index contributed by atoms with van der Waals surface area (Å²) < 4.78 is 14.0. The van der Waals surface area contributed by atoms with Crippen LogP contribution in [0.2, 0.25) is 0 Å². The van der Waals surface area contributed by atoms with Gasteiger partial charge in [-0.2, -0.15) is 0 Å². The molecular weight excluding hydrogens is 233 g/mol. The first-order valence-corrected chi connectivity index (χ1v) is 6.08. The lowest BCUT2D eigenvalue weighted by Gasteiger charge is -2.34. The molecule has 1 aromatic carbocycles. The molecule has 0 bridgehead atoms. The van der Waals surface area contributed by atoms with E-state index in [9.17, 15) is 9.18 Å². The van der Waals surface area contributed by atoms with Gasteiger partial charge >= 0.3 is 0 Å². The molecule has 18 heavy (non-hydrogen) atoms. The Bertz CT molecular complexity index is 442. The lowest BCUT2D eigenvalue weighted by atomic mass is 10.1. The monoisotopic (exact) mass is 251 g/mol. The molecule has 2 rings (SSSR count). The predicted molar refractivity (Wildman–Crippen MR) is 69.5 cm³/mol. The van der Waals surface area contributed by atoms with Crippen molar-refractivity contribution in [2.45, 2.75) is 0 Å². The summed E-state index contributed by atoms with van der Waals surface area (Å²) >= 11 is 0. The van der Waals surface area contributed by atoms with Gasteiger partial charge in [-0.15, -0.1) is 0 Å². The lowest BCUT2D eigenvalue weighted by molar-refractivity contribution is 0.100. The number of ketones is 1. The van der Waals surface area contributed by atoms with Crippen molar-refractivity contribution >= 4 is 11.5 Å². The molecule has 1 saturated heterocycles. The molecule has 0 atom stereocenters. The van der Waals surface area contributed by atoms with Crippen molar-refractivity contribution in [1.29, 1.82) is 0 Å². The van der Waals surface area contributed by atoms with Crippen LogP contribution in [0, 0.1) is 5.82 Å². The summed E-state index contributed by atoms with van der Waals surface area (Å²) in [5.41, 5.74) is 6.17. The van der Waals surface area contributed by atoms with Crippen molar-refractivity contribution in [2.75, 3.05) is 44.7 Å². The van der Waals surface area contributed by atoms with Crippen LogP contribution in [0.15, 0.2) is 18.2 Å². The molecule has 0 radical (unpaired) electrons. The molecule has 0 unspecified atom stereocenters. The normalized spacial score (nSPS) is 16.9. The minimum atomic E-state index is -0.348. The summed E-state index contributed by atoms with van der Waals surface area (Å²) in [5, 5.41) is 0. The van der Waals surface area contributed by atoms with E-state index in [0.29, 0.717) is 11.3 Å². The fourth-order valence-corrected chi connectivity index (χ4v) is 2.10. The SMILES string of the molecule is CN1CCN(c2ccc(C(=O)CN)cc2F)CC1. The van der Waals surface area contributed by atoms with Crippen LogP contribution < -0.4 is 10.6 Å². The number of piperazine rings is 1. The highest BCUT2D eigenvalue weighted by atomic mass is 19.1. The van der Waals surface area contributed by atoms with E-state index in [4.69, 9.17) is 5.73 Å². The molecular formula is C13H18FN3O. The third-order valence-electron chi connectivity index (χ3n) is 3.30. The van der Waals surface area contributed by atoms with Crippen molar-refractivity contribution < 1.29 is 9.18 Å². The summed E-state index contributed by atoms with van der Waals surface area (Å²) in [5.74, 6) is -0.585. The molecule has 1 aliphatic heterocycles. The molecule has 4 nitrogen and oxygen atoms in total. The number of carbonyl (C=O) groups excluding carboxylic acids is 1. The molecule has 1 aromatic rings. The Morgan fingerprint density at radius 1 is 1.33 bits per heavy atom. The Hall–Kier alpha value is -1.46. The van der Waals surface area contributed by atoms with Crippen LogP contribution in [-0.4, -0.2) is 50.5 Å². The van der Waals surface area contributed by atoms with Crippen molar-refractivity contribution in [3.05, 3.63) is 29.6 Å². The van der Waals surface area contributed by atoms with E-state index >= 15 is 0 Å². The zero-order valence-electron chi connectivity index (χ0n) is 10.5. The van der Waals surface area contributed by atoms with Gasteiger partial charge in [0.2, 0.25) is 0 Å². The zero-order chi connectivity index (χ0) is 13.1. The molecule has 0 amide bonds. The van der Waals surface area contributed by atoms with Gasteiger partial charge in [0, 0.05) is 31.7 Å². The molecule has 1 fully saturated rings. The number of carbonyl (C=O) groups is 1. The van der Waals surface area contributed by atoms with Gasteiger partial charge in [-0.3, -0.25) is 4.79 Å². The van der Waals surface area contributed by atoms with Crippen molar-refractivity contribution in [3.63, 3.8) is 0 Å². The maximum absolute atomic E-state index is 14.0. The number of hydrogen-bond donors (Lipinski definition) is 1. The second kappa shape index (κ2) is 5.46. The van der Waals surface area contributed by atoms with E-state index in [0.717, 1.165) is 26.2 Å². The van der Waals surface area contributed by atoms with Gasteiger partial charge in [0.1, 0.15) is 5.82 Å². The zero-order valence-corrected chi connectivity index (χ0v) is 10.5. The van der Waals surface area contributed by atoms with Gasteiger partial charge < -0.3 is 15.5 Å². The number of benzene rings is 1. The van der Waals surface area contributed by atoms with E-state index in [2.05, 4.69) is 11.9 Å². The van der Waals surface area contributed by atoms with Gasteiger partial charge in [-0.25, -0.2) is 4.39 Å². The van der Waals surface area contributed by atoms with Gasteiger partial charge in [0.05, 0.1) is 12.2 Å². The van der Waals surface area contributed by atoms with Crippen LogP contribution in [0.5, 0.6) is 0 Å². The van der Waals surface area contributed by atoms with Crippen molar-refractivity contribution in [3.8, 4) is 0 Å². The smallest absolute Gasteiger partial charge is 0.176 e. The van der Waals surface area contributed by atoms with Crippen molar-refractivity contribution in [2.24, 2.45) is 5.73 Å². The fourth-order valence-electron chi connectivity index (χ4n) is 2.10. The Balaban J connectivity index is 2.17. The Morgan fingerprint density at radius 2 is 2.00 bits per heavy atom. The molecule has 98 valence electrons. The maximum Gasteiger partial charge on any atom is 0.176 e. The Morgan fingerprint density at radius 3 is 2.56 bits per heavy atom. The molecule has 1 aliphatic rings. The van der Waals surface area contributed by atoms with E-state index in [1.807, 2.05) is 4.90 Å². The Labute approximate surface area is 106 Å². The molecule has 2 N–H and O–H groups in total. The van der Waals surface area contributed by atoms with Crippen LogP contribution in [0.1, 0.15) is 10.4 Å². The first-order chi connectivity index (χ1) is 8.61. The number of likely N-dealkylation sites (N-methyl/N-ethyl adjacent to an activating group) is 1. The number of halogens is 1. The summed E-state index contributed by atoms with van der Waals surface area (Å²) in [6.45, 7) is 3.36. The molecule has 0 aliphatic carbocycles. The number of hydrogen-bond acceptors (Lipinski definition) is 4. The summed E-state index contributed by atoms with van der Waals surface area (Å²) in [6, 6.07) is 4.60. The number of rotatable bonds is 3. The highest BCUT2D eigenvalue weighted by molar-refractivity contribution is 5.97.